The number of pyridine rings is 1. The van der Waals surface area contributed by atoms with Crippen molar-refractivity contribution in [3.05, 3.63) is 132 Å². The molecule has 4 aromatic carbocycles. The number of rotatable bonds is 6. The highest BCUT2D eigenvalue weighted by molar-refractivity contribution is 6.03. The molecular formula is C38H33FN4O3. The first-order valence-electron chi connectivity index (χ1n) is 15.3. The normalized spacial score (nSPS) is 17.1. The highest BCUT2D eigenvalue weighted by atomic mass is 19.1. The summed E-state index contributed by atoms with van der Waals surface area (Å²) in [5, 5.41) is 7.47. The number of hydrogen-bond acceptors (Lipinski definition) is 6. The van der Waals surface area contributed by atoms with Gasteiger partial charge in [0.15, 0.2) is 17.3 Å². The predicted octanol–water partition coefficient (Wildman–Crippen LogP) is 8.42. The quantitative estimate of drug-likeness (QED) is 0.200. The second-order valence-electron chi connectivity index (χ2n) is 12.6. The Balaban J connectivity index is 1.33. The molecule has 1 aliphatic heterocycles. The lowest BCUT2D eigenvalue weighted by Gasteiger charge is -2.38. The molecule has 1 unspecified atom stereocenters. The molecule has 230 valence electrons. The summed E-state index contributed by atoms with van der Waals surface area (Å²) in [7, 11) is 0. The molecule has 8 heteroatoms. The summed E-state index contributed by atoms with van der Waals surface area (Å²) in [6, 6.07) is 30.2. The van der Waals surface area contributed by atoms with Crippen molar-refractivity contribution >= 4 is 39.7 Å². The van der Waals surface area contributed by atoms with Crippen molar-refractivity contribution in [3.8, 4) is 11.5 Å². The number of hydrogen-bond donors (Lipinski definition) is 2. The van der Waals surface area contributed by atoms with Crippen LogP contribution in [0.5, 0.6) is 11.5 Å². The van der Waals surface area contributed by atoms with Gasteiger partial charge in [-0.2, -0.15) is 0 Å². The third kappa shape index (κ3) is 5.81. The molecule has 0 saturated heterocycles. The molecule has 2 aliphatic rings. The summed E-state index contributed by atoms with van der Waals surface area (Å²) in [4.78, 5) is 34.3. The Labute approximate surface area is 266 Å². The lowest BCUT2D eigenvalue weighted by atomic mass is 9.73. The number of benzene rings is 4. The number of ketones is 1. The molecule has 0 bridgehead atoms. The smallest absolute Gasteiger partial charge is 0.243 e. The number of nitrogens with one attached hydrogen (secondary N) is 2. The van der Waals surface area contributed by atoms with Crippen LogP contribution in [0.3, 0.4) is 0 Å². The SMILES string of the molecule is CC1(C)CC(=O)C2=C(C1)Nc1ccccc1N(CC(=O)Nc1cnc3ccccc3c1)C2c1ccc(F)c(Oc2ccccc2)c1. The van der Waals surface area contributed by atoms with Gasteiger partial charge in [0, 0.05) is 23.1 Å². The van der Waals surface area contributed by atoms with Crippen LogP contribution in [0.2, 0.25) is 0 Å². The summed E-state index contributed by atoms with van der Waals surface area (Å²) in [6.07, 6.45) is 2.62. The van der Waals surface area contributed by atoms with E-state index in [9.17, 15) is 9.59 Å². The van der Waals surface area contributed by atoms with Crippen LogP contribution in [0.4, 0.5) is 21.5 Å². The summed E-state index contributed by atoms with van der Waals surface area (Å²) in [5.74, 6) is -0.310. The number of fused-ring (bicyclic) bond motifs is 2. The molecule has 0 saturated carbocycles. The number of halogens is 1. The van der Waals surface area contributed by atoms with Crippen molar-refractivity contribution in [2.75, 3.05) is 22.1 Å². The van der Waals surface area contributed by atoms with E-state index in [-0.39, 0.29) is 29.4 Å². The van der Waals surface area contributed by atoms with E-state index in [2.05, 4.69) is 29.5 Å². The first-order valence-corrected chi connectivity index (χ1v) is 15.3. The summed E-state index contributed by atoms with van der Waals surface area (Å²) in [6.45, 7) is 4.07. The molecule has 1 amide bonds. The van der Waals surface area contributed by atoms with Crippen molar-refractivity contribution < 1.29 is 18.7 Å². The van der Waals surface area contributed by atoms with E-state index in [0.29, 0.717) is 35.4 Å². The van der Waals surface area contributed by atoms with E-state index in [1.165, 1.54) is 6.07 Å². The zero-order valence-corrected chi connectivity index (χ0v) is 25.6. The predicted molar refractivity (Wildman–Crippen MR) is 178 cm³/mol. The molecular weight excluding hydrogens is 579 g/mol. The van der Waals surface area contributed by atoms with Gasteiger partial charge in [-0.15, -0.1) is 0 Å². The summed E-state index contributed by atoms with van der Waals surface area (Å²) >= 11 is 0. The highest BCUT2D eigenvalue weighted by Crippen LogP contribution is 2.48. The average molecular weight is 613 g/mol. The van der Waals surface area contributed by atoms with Crippen molar-refractivity contribution in [2.45, 2.75) is 32.7 Å². The highest BCUT2D eigenvalue weighted by Gasteiger charge is 2.42. The van der Waals surface area contributed by atoms with Crippen molar-refractivity contribution in [3.63, 3.8) is 0 Å². The second-order valence-corrected chi connectivity index (χ2v) is 12.6. The van der Waals surface area contributed by atoms with Gasteiger partial charge in [-0.05, 0) is 65.9 Å². The standard InChI is InChI=1S/C38H33FN4O3/c1-38(2)20-31-36(33(44)21-38)37(25-16-17-28(39)34(19-25)46-27-11-4-3-5-12-27)43(32-15-9-8-14-30(32)42-31)23-35(45)41-26-18-24-10-6-7-13-29(24)40-22-26/h3-19,22,37,42H,20-21,23H2,1-2H3,(H,41,45). The fraction of sp³-hybridized carbons (Fsp3) is 0.184. The average Bonchev–Trinajstić information content (AvgIpc) is 3.16. The van der Waals surface area contributed by atoms with Gasteiger partial charge in [0.05, 0.1) is 41.4 Å². The van der Waals surface area contributed by atoms with Crippen LogP contribution in [0.1, 0.15) is 38.3 Å². The van der Waals surface area contributed by atoms with E-state index >= 15 is 4.39 Å². The summed E-state index contributed by atoms with van der Waals surface area (Å²) < 4.78 is 21.2. The Bertz CT molecular complexity index is 2010. The molecule has 2 N–H and O–H groups in total. The molecule has 1 aliphatic carbocycles. The lowest BCUT2D eigenvalue weighted by Crippen LogP contribution is -2.40. The van der Waals surface area contributed by atoms with Crippen LogP contribution in [-0.2, 0) is 9.59 Å². The number of carbonyl (C=O) groups is 2. The number of nitrogens with zero attached hydrogens (tertiary/aromatic N) is 2. The van der Waals surface area contributed by atoms with E-state index in [1.807, 2.05) is 77.7 Å². The minimum Gasteiger partial charge on any atom is -0.454 e. The van der Waals surface area contributed by atoms with Gasteiger partial charge >= 0.3 is 0 Å². The minimum absolute atomic E-state index is 0.0180. The fourth-order valence-corrected chi connectivity index (χ4v) is 6.45. The number of para-hydroxylation sites is 4. The Morgan fingerprint density at radius 3 is 2.59 bits per heavy atom. The third-order valence-electron chi connectivity index (χ3n) is 8.43. The molecule has 7 rings (SSSR count). The zero-order valence-electron chi connectivity index (χ0n) is 25.6. The lowest BCUT2D eigenvalue weighted by molar-refractivity contribution is -0.119. The minimum atomic E-state index is -0.700. The Morgan fingerprint density at radius 1 is 0.978 bits per heavy atom. The van der Waals surface area contributed by atoms with Crippen molar-refractivity contribution in [1.29, 1.82) is 0 Å². The van der Waals surface area contributed by atoms with Crippen LogP contribution in [0, 0.1) is 11.2 Å². The van der Waals surface area contributed by atoms with Gasteiger partial charge in [-0.3, -0.25) is 14.6 Å². The first-order chi connectivity index (χ1) is 22.2. The number of amides is 1. The van der Waals surface area contributed by atoms with Gasteiger partial charge in [0.25, 0.3) is 0 Å². The molecule has 1 aromatic heterocycles. The number of anilines is 3. The maximum atomic E-state index is 15.2. The van der Waals surface area contributed by atoms with Crippen LogP contribution in [0.25, 0.3) is 10.9 Å². The number of allylic oxidation sites excluding steroid dienone is 1. The van der Waals surface area contributed by atoms with Gasteiger partial charge in [0.1, 0.15) is 5.75 Å². The van der Waals surface area contributed by atoms with Crippen LogP contribution < -0.4 is 20.3 Å². The molecule has 0 spiro atoms. The summed E-state index contributed by atoms with van der Waals surface area (Å²) in [5.41, 5.74) is 4.66. The van der Waals surface area contributed by atoms with Crippen LogP contribution in [-0.4, -0.2) is 23.2 Å². The number of Topliss-reactive ketones (excluding diaryl/α,β-unsaturated/α-hetero) is 1. The molecule has 0 fully saturated rings. The maximum Gasteiger partial charge on any atom is 0.243 e. The van der Waals surface area contributed by atoms with Crippen molar-refractivity contribution in [2.24, 2.45) is 5.41 Å². The van der Waals surface area contributed by atoms with Gasteiger partial charge in [-0.1, -0.05) is 68.4 Å². The fourth-order valence-electron chi connectivity index (χ4n) is 6.45. The maximum absolute atomic E-state index is 15.2. The van der Waals surface area contributed by atoms with E-state index < -0.39 is 11.9 Å². The van der Waals surface area contributed by atoms with Gasteiger partial charge < -0.3 is 20.3 Å². The number of ether oxygens (including phenoxy) is 1. The molecule has 1 atom stereocenters. The molecule has 7 nitrogen and oxygen atoms in total. The van der Waals surface area contributed by atoms with Crippen LogP contribution in [0.15, 0.2) is 121 Å². The molecule has 46 heavy (non-hydrogen) atoms. The second kappa shape index (κ2) is 11.8. The van der Waals surface area contributed by atoms with Crippen LogP contribution >= 0.6 is 0 Å². The number of carbonyl (C=O) groups excluding carboxylic acids is 2. The van der Waals surface area contributed by atoms with E-state index in [1.54, 1.807) is 30.5 Å². The zero-order chi connectivity index (χ0) is 31.8. The van der Waals surface area contributed by atoms with E-state index in [4.69, 9.17) is 4.74 Å². The molecule has 2 heterocycles. The van der Waals surface area contributed by atoms with E-state index in [0.717, 1.165) is 28.0 Å². The Hall–Kier alpha value is -5.50. The molecule has 5 aromatic rings. The molecule has 0 radical (unpaired) electrons. The van der Waals surface area contributed by atoms with Gasteiger partial charge in [-0.25, -0.2) is 4.39 Å². The third-order valence-corrected chi connectivity index (χ3v) is 8.43. The van der Waals surface area contributed by atoms with Crippen molar-refractivity contribution in [1.82, 2.24) is 4.98 Å². The first kappa shape index (κ1) is 29.2. The monoisotopic (exact) mass is 612 g/mol. The number of aromatic nitrogens is 1. The largest absolute Gasteiger partial charge is 0.454 e. The van der Waals surface area contributed by atoms with Gasteiger partial charge in [0.2, 0.25) is 5.91 Å². The topological polar surface area (TPSA) is 83.6 Å². The Morgan fingerprint density at radius 2 is 1.74 bits per heavy atom. The Kier molecular flexibility index (Phi) is 7.48.